The lowest BCUT2D eigenvalue weighted by molar-refractivity contribution is -0.149. The predicted molar refractivity (Wildman–Crippen MR) is 85.7 cm³/mol. The molecule has 1 aromatic rings. The molecule has 1 aromatic carbocycles. The van der Waals surface area contributed by atoms with E-state index in [4.69, 9.17) is 5.73 Å². The highest BCUT2D eigenvalue weighted by Gasteiger charge is 2.65. The van der Waals surface area contributed by atoms with Crippen LogP contribution in [0, 0.1) is 17.7 Å². The van der Waals surface area contributed by atoms with E-state index >= 15 is 0 Å². The molecule has 0 aliphatic carbocycles. The van der Waals surface area contributed by atoms with Crippen molar-refractivity contribution in [3.05, 3.63) is 35.6 Å². The maximum atomic E-state index is 13.2. The number of hydrogen-bond acceptors (Lipinski definition) is 5. The van der Waals surface area contributed by atoms with Crippen LogP contribution < -0.4 is 16.4 Å². The number of hydrogen-bond donors (Lipinski definition) is 4. The third-order valence-corrected chi connectivity index (χ3v) is 5.13. The molecule has 8 heteroatoms. The molecule has 4 atom stereocenters. The normalized spacial score (nSPS) is 31.0. The van der Waals surface area contributed by atoms with Crippen molar-refractivity contribution in [2.75, 3.05) is 6.54 Å². The van der Waals surface area contributed by atoms with E-state index in [2.05, 4.69) is 10.6 Å². The molecule has 2 aliphatic rings. The standard InChI is InChI=1S/C17H20FN3O4/c18-10-5-3-9(4-6-10)13-11-12(15(23)20-14(11)22)17(21-13,16(24)25)7-1-2-8-19/h3-6,11-13,21H,1-2,7-8,19H2,(H,24,25)(H,20,22,23). The quantitative estimate of drug-likeness (QED) is 0.433. The van der Waals surface area contributed by atoms with Crippen LogP contribution in [0.2, 0.25) is 0 Å². The van der Waals surface area contributed by atoms with Crippen molar-refractivity contribution in [1.29, 1.82) is 0 Å². The molecule has 25 heavy (non-hydrogen) atoms. The number of carboxylic acid groups (broad SMARTS) is 1. The van der Waals surface area contributed by atoms with E-state index in [9.17, 15) is 23.9 Å². The zero-order valence-electron chi connectivity index (χ0n) is 13.5. The fraction of sp³-hybridized carbons (Fsp3) is 0.471. The van der Waals surface area contributed by atoms with Gasteiger partial charge in [0.1, 0.15) is 11.4 Å². The molecule has 0 spiro atoms. The molecular formula is C17H20FN3O4. The summed E-state index contributed by atoms with van der Waals surface area (Å²) in [5.74, 6) is -4.54. The molecular weight excluding hydrogens is 329 g/mol. The Balaban J connectivity index is 2.01. The van der Waals surface area contributed by atoms with Crippen molar-refractivity contribution >= 4 is 17.8 Å². The summed E-state index contributed by atoms with van der Waals surface area (Å²) in [7, 11) is 0. The van der Waals surface area contributed by atoms with E-state index in [1.807, 2.05) is 0 Å². The van der Waals surface area contributed by atoms with Gasteiger partial charge in [0.25, 0.3) is 0 Å². The maximum Gasteiger partial charge on any atom is 0.324 e. The number of unbranched alkanes of at least 4 members (excludes halogenated alkanes) is 1. The van der Waals surface area contributed by atoms with Gasteiger partial charge < -0.3 is 10.8 Å². The molecule has 0 aromatic heterocycles. The summed E-state index contributed by atoms with van der Waals surface area (Å²) in [6.07, 6.45) is 1.31. The summed E-state index contributed by atoms with van der Waals surface area (Å²) >= 11 is 0. The third kappa shape index (κ3) is 2.81. The van der Waals surface area contributed by atoms with Crippen LogP contribution in [0.25, 0.3) is 0 Å². The van der Waals surface area contributed by atoms with E-state index in [1.165, 1.54) is 24.3 Å². The summed E-state index contributed by atoms with van der Waals surface area (Å²) in [4.78, 5) is 36.7. The minimum absolute atomic E-state index is 0.180. The number of fused-ring (bicyclic) bond motifs is 1. The molecule has 2 saturated heterocycles. The summed E-state index contributed by atoms with van der Waals surface area (Å²) < 4.78 is 13.2. The van der Waals surface area contributed by atoms with Crippen LogP contribution in [-0.4, -0.2) is 35.0 Å². The average molecular weight is 349 g/mol. The van der Waals surface area contributed by atoms with Crippen molar-refractivity contribution in [2.45, 2.75) is 30.8 Å². The number of carboxylic acids is 1. The van der Waals surface area contributed by atoms with Crippen molar-refractivity contribution in [3.63, 3.8) is 0 Å². The Bertz CT molecular complexity index is 708. The lowest BCUT2D eigenvalue weighted by Crippen LogP contribution is -2.55. The maximum absolute atomic E-state index is 13.2. The number of rotatable bonds is 6. The fourth-order valence-corrected chi connectivity index (χ4v) is 3.97. The zero-order valence-corrected chi connectivity index (χ0v) is 13.5. The molecule has 2 amide bonds. The molecule has 3 rings (SSSR count). The number of imide groups is 1. The number of amides is 2. The van der Waals surface area contributed by atoms with E-state index in [0.29, 0.717) is 24.9 Å². The Morgan fingerprint density at radius 2 is 1.88 bits per heavy atom. The van der Waals surface area contributed by atoms with Gasteiger partial charge in [0, 0.05) is 6.04 Å². The van der Waals surface area contributed by atoms with Gasteiger partial charge in [0.05, 0.1) is 11.8 Å². The lowest BCUT2D eigenvalue weighted by atomic mass is 9.76. The molecule has 2 aliphatic heterocycles. The van der Waals surface area contributed by atoms with Crippen LogP contribution in [0.5, 0.6) is 0 Å². The smallest absolute Gasteiger partial charge is 0.324 e. The fourth-order valence-electron chi connectivity index (χ4n) is 3.97. The van der Waals surface area contributed by atoms with E-state index in [1.54, 1.807) is 0 Å². The number of carbonyl (C=O) groups excluding carboxylic acids is 2. The second-order valence-corrected chi connectivity index (χ2v) is 6.55. The summed E-state index contributed by atoms with van der Waals surface area (Å²) in [5.41, 5.74) is 4.51. The SMILES string of the molecule is NCCCCC1(C(=O)O)NC(c2ccc(F)cc2)C2C(=O)NC(=O)C21. The van der Waals surface area contributed by atoms with Gasteiger partial charge in [-0.3, -0.25) is 25.0 Å². The molecule has 0 saturated carbocycles. The number of benzene rings is 1. The Hall–Kier alpha value is -2.32. The van der Waals surface area contributed by atoms with E-state index in [-0.39, 0.29) is 6.42 Å². The Morgan fingerprint density at radius 1 is 1.20 bits per heavy atom. The molecule has 2 heterocycles. The van der Waals surface area contributed by atoms with Crippen LogP contribution in [0.3, 0.4) is 0 Å². The van der Waals surface area contributed by atoms with E-state index in [0.717, 1.165) is 0 Å². The van der Waals surface area contributed by atoms with Crippen molar-refractivity contribution in [2.24, 2.45) is 17.6 Å². The van der Waals surface area contributed by atoms with Gasteiger partial charge in [-0.05, 0) is 43.5 Å². The first-order chi connectivity index (χ1) is 11.9. The Morgan fingerprint density at radius 3 is 2.48 bits per heavy atom. The third-order valence-electron chi connectivity index (χ3n) is 5.13. The van der Waals surface area contributed by atoms with Gasteiger partial charge in [-0.1, -0.05) is 12.1 Å². The highest BCUT2D eigenvalue weighted by Crippen LogP contribution is 2.48. The second kappa shape index (κ2) is 6.53. The first-order valence-corrected chi connectivity index (χ1v) is 8.22. The van der Waals surface area contributed by atoms with Gasteiger partial charge >= 0.3 is 5.97 Å². The Kier molecular flexibility index (Phi) is 4.57. The van der Waals surface area contributed by atoms with Crippen molar-refractivity contribution in [3.8, 4) is 0 Å². The highest BCUT2D eigenvalue weighted by atomic mass is 19.1. The number of halogens is 1. The molecule has 7 nitrogen and oxygen atoms in total. The first-order valence-electron chi connectivity index (χ1n) is 8.22. The largest absolute Gasteiger partial charge is 0.480 e. The minimum Gasteiger partial charge on any atom is -0.480 e. The van der Waals surface area contributed by atoms with Gasteiger partial charge in [0.15, 0.2) is 0 Å². The van der Waals surface area contributed by atoms with Crippen LogP contribution in [0.4, 0.5) is 4.39 Å². The topological polar surface area (TPSA) is 122 Å². The average Bonchev–Trinajstić information content (AvgIpc) is 3.06. The van der Waals surface area contributed by atoms with Crippen molar-refractivity contribution < 1.29 is 23.9 Å². The number of nitrogens with one attached hydrogen (secondary N) is 2. The molecule has 5 N–H and O–H groups in total. The predicted octanol–water partition coefficient (Wildman–Crippen LogP) is 0.311. The second-order valence-electron chi connectivity index (χ2n) is 6.55. The van der Waals surface area contributed by atoms with Gasteiger partial charge in [-0.25, -0.2) is 4.39 Å². The van der Waals surface area contributed by atoms with E-state index < -0.39 is 47.0 Å². The lowest BCUT2D eigenvalue weighted by Gasteiger charge is -2.29. The van der Waals surface area contributed by atoms with Gasteiger partial charge in [-0.2, -0.15) is 0 Å². The summed E-state index contributed by atoms with van der Waals surface area (Å²) in [6.45, 7) is 0.413. The first kappa shape index (κ1) is 17.5. The van der Waals surface area contributed by atoms with Crippen LogP contribution in [-0.2, 0) is 14.4 Å². The van der Waals surface area contributed by atoms with Crippen molar-refractivity contribution in [1.82, 2.24) is 10.6 Å². The Labute approximate surface area is 143 Å². The molecule has 4 unspecified atom stereocenters. The van der Waals surface area contributed by atoms with Crippen LogP contribution in [0.1, 0.15) is 30.9 Å². The number of nitrogens with two attached hydrogens (primary N) is 1. The summed E-state index contributed by atoms with van der Waals surface area (Å²) in [5, 5.41) is 15.1. The van der Waals surface area contributed by atoms with Crippen LogP contribution >= 0.6 is 0 Å². The van der Waals surface area contributed by atoms with Crippen LogP contribution in [0.15, 0.2) is 24.3 Å². The molecule has 134 valence electrons. The zero-order chi connectivity index (χ0) is 18.2. The van der Waals surface area contributed by atoms with Gasteiger partial charge in [-0.15, -0.1) is 0 Å². The highest BCUT2D eigenvalue weighted by molar-refractivity contribution is 6.09. The molecule has 2 fully saturated rings. The monoisotopic (exact) mass is 349 g/mol. The number of aliphatic carboxylic acids is 1. The molecule has 0 bridgehead atoms. The number of carbonyl (C=O) groups is 3. The molecule has 0 radical (unpaired) electrons. The summed E-state index contributed by atoms with van der Waals surface area (Å²) in [6, 6.07) is 4.81. The minimum atomic E-state index is -1.55. The van der Waals surface area contributed by atoms with Gasteiger partial charge in [0.2, 0.25) is 11.8 Å².